The number of carbonyl (C=O) groups is 1. The number of benzene rings is 2. The summed E-state index contributed by atoms with van der Waals surface area (Å²) < 4.78 is 5.74. The second-order valence-electron chi connectivity index (χ2n) is 7.05. The second-order valence-corrected chi connectivity index (χ2v) is 7.05. The van der Waals surface area contributed by atoms with Gasteiger partial charge in [0.05, 0.1) is 12.3 Å². The van der Waals surface area contributed by atoms with E-state index in [1.165, 1.54) is 0 Å². The Labute approximate surface area is 161 Å². The maximum absolute atomic E-state index is 12.7. The van der Waals surface area contributed by atoms with Gasteiger partial charge >= 0.3 is 6.03 Å². The third-order valence-electron chi connectivity index (χ3n) is 4.90. The fourth-order valence-electron chi connectivity index (χ4n) is 3.45. The summed E-state index contributed by atoms with van der Waals surface area (Å²) in [5, 5.41) is 3.09. The van der Waals surface area contributed by atoms with Crippen LogP contribution in [0, 0.1) is 0 Å². The third-order valence-corrected chi connectivity index (χ3v) is 4.90. The van der Waals surface area contributed by atoms with Crippen LogP contribution < -0.4 is 15.0 Å². The number of urea groups is 1. The minimum atomic E-state index is -0.0270. The molecule has 27 heavy (non-hydrogen) atoms. The van der Waals surface area contributed by atoms with Crippen molar-refractivity contribution in [2.45, 2.75) is 26.7 Å². The molecule has 1 N–H and O–H groups in total. The molecule has 3 rings (SSSR count). The van der Waals surface area contributed by atoms with Crippen molar-refractivity contribution < 1.29 is 9.53 Å². The van der Waals surface area contributed by atoms with Crippen molar-refractivity contribution in [2.75, 3.05) is 43.0 Å². The molecule has 0 spiro atoms. The predicted octanol–water partition coefficient (Wildman–Crippen LogP) is 4.56. The third kappa shape index (κ3) is 4.54. The zero-order chi connectivity index (χ0) is 19.2. The number of para-hydroxylation sites is 3. The summed E-state index contributed by atoms with van der Waals surface area (Å²) >= 11 is 0. The van der Waals surface area contributed by atoms with Gasteiger partial charge < -0.3 is 19.9 Å². The summed E-state index contributed by atoms with van der Waals surface area (Å²) in [5.74, 6) is 1.28. The molecule has 1 saturated heterocycles. The van der Waals surface area contributed by atoms with Crippen molar-refractivity contribution in [3.05, 3.63) is 54.1 Å². The van der Waals surface area contributed by atoms with E-state index >= 15 is 0 Å². The van der Waals surface area contributed by atoms with Crippen molar-refractivity contribution in [3.8, 4) is 5.75 Å². The van der Waals surface area contributed by atoms with Crippen molar-refractivity contribution in [3.63, 3.8) is 0 Å². The lowest BCUT2D eigenvalue weighted by molar-refractivity contribution is 0.208. The predicted molar refractivity (Wildman–Crippen MR) is 111 cm³/mol. The standard InChI is InChI=1S/C22H29N3O2/c1-4-27-21-12-8-7-11-20(21)24-13-15-25(16-14-24)22(26)23-19-10-6-5-9-18(19)17(2)3/h5-12,17H,4,13-16H2,1-3H3,(H,23,26). The van der Waals surface area contributed by atoms with Crippen LogP contribution in [-0.4, -0.2) is 43.7 Å². The lowest BCUT2D eigenvalue weighted by Crippen LogP contribution is -2.50. The first-order chi connectivity index (χ1) is 13.1. The molecule has 0 saturated carbocycles. The van der Waals surface area contributed by atoms with Crippen LogP contribution in [0.1, 0.15) is 32.3 Å². The maximum atomic E-state index is 12.7. The van der Waals surface area contributed by atoms with Gasteiger partial charge in [-0.2, -0.15) is 0 Å². The van der Waals surface area contributed by atoms with E-state index in [1.807, 2.05) is 48.2 Å². The van der Waals surface area contributed by atoms with Crippen LogP contribution >= 0.6 is 0 Å². The number of rotatable bonds is 5. The van der Waals surface area contributed by atoms with E-state index in [4.69, 9.17) is 4.74 Å². The minimum absolute atomic E-state index is 0.0270. The maximum Gasteiger partial charge on any atom is 0.321 e. The Kier molecular flexibility index (Phi) is 6.22. The number of piperazine rings is 1. The Hall–Kier alpha value is -2.69. The van der Waals surface area contributed by atoms with Crippen LogP contribution in [0.5, 0.6) is 5.75 Å². The first-order valence-electron chi connectivity index (χ1n) is 9.71. The van der Waals surface area contributed by atoms with Gasteiger partial charge in [-0.25, -0.2) is 4.79 Å². The van der Waals surface area contributed by atoms with Crippen LogP contribution in [0.4, 0.5) is 16.2 Å². The van der Waals surface area contributed by atoms with E-state index in [1.54, 1.807) is 0 Å². The van der Waals surface area contributed by atoms with Crippen LogP contribution in [0.2, 0.25) is 0 Å². The molecule has 2 aromatic rings. The SMILES string of the molecule is CCOc1ccccc1N1CCN(C(=O)Nc2ccccc2C(C)C)CC1. The number of nitrogens with one attached hydrogen (secondary N) is 1. The molecule has 144 valence electrons. The van der Waals surface area contributed by atoms with Gasteiger partial charge in [0, 0.05) is 31.9 Å². The van der Waals surface area contributed by atoms with Gasteiger partial charge in [-0.3, -0.25) is 0 Å². The van der Waals surface area contributed by atoms with E-state index < -0.39 is 0 Å². The molecule has 5 heteroatoms. The molecule has 0 radical (unpaired) electrons. The molecule has 0 aliphatic carbocycles. The largest absolute Gasteiger partial charge is 0.492 e. The highest BCUT2D eigenvalue weighted by atomic mass is 16.5. The van der Waals surface area contributed by atoms with Crippen molar-refractivity contribution >= 4 is 17.4 Å². The van der Waals surface area contributed by atoms with Crippen molar-refractivity contribution in [1.29, 1.82) is 0 Å². The highest BCUT2D eigenvalue weighted by molar-refractivity contribution is 5.90. The molecule has 0 aromatic heterocycles. The highest BCUT2D eigenvalue weighted by Crippen LogP contribution is 2.29. The average Bonchev–Trinajstić information content (AvgIpc) is 2.69. The Morgan fingerprint density at radius 2 is 1.70 bits per heavy atom. The number of nitrogens with zero attached hydrogens (tertiary/aromatic N) is 2. The molecule has 2 amide bonds. The number of ether oxygens (including phenoxy) is 1. The molecule has 0 atom stereocenters. The monoisotopic (exact) mass is 367 g/mol. The van der Waals surface area contributed by atoms with E-state index in [0.717, 1.165) is 35.8 Å². The molecule has 0 bridgehead atoms. The van der Waals surface area contributed by atoms with Crippen LogP contribution in [0.3, 0.4) is 0 Å². The Morgan fingerprint density at radius 3 is 2.41 bits per heavy atom. The van der Waals surface area contributed by atoms with Gasteiger partial charge in [0.1, 0.15) is 5.75 Å². The first-order valence-corrected chi connectivity index (χ1v) is 9.71. The molecule has 1 fully saturated rings. The van der Waals surface area contributed by atoms with Crippen molar-refractivity contribution in [1.82, 2.24) is 4.90 Å². The number of carbonyl (C=O) groups excluding carboxylic acids is 1. The quantitative estimate of drug-likeness (QED) is 0.842. The van der Waals surface area contributed by atoms with E-state index in [0.29, 0.717) is 25.6 Å². The summed E-state index contributed by atoms with van der Waals surface area (Å²) in [4.78, 5) is 16.9. The van der Waals surface area contributed by atoms with Crippen LogP contribution in [-0.2, 0) is 0 Å². The molecule has 2 aromatic carbocycles. The van der Waals surface area contributed by atoms with Gasteiger partial charge in [0.25, 0.3) is 0 Å². The van der Waals surface area contributed by atoms with Crippen molar-refractivity contribution in [2.24, 2.45) is 0 Å². The fourth-order valence-corrected chi connectivity index (χ4v) is 3.45. The summed E-state index contributed by atoms with van der Waals surface area (Å²) in [5.41, 5.74) is 3.17. The van der Waals surface area contributed by atoms with E-state index in [2.05, 4.69) is 36.2 Å². The summed E-state index contributed by atoms with van der Waals surface area (Å²) in [7, 11) is 0. The molecule has 1 heterocycles. The van der Waals surface area contributed by atoms with Gasteiger partial charge in [0.2, 0.25) is 0 Å². The first kappa shape index (κ1) is 19.1. The minimum Gasteiger partial charge on any atom is -0.492 e. The summed E-state index contributed by atoms with van der Waals surface area (Å²) in [6.45, 7) is 9.89. The van der Waals surface area contributed by atoms with Crippen LogP contribution in [0.25, 0.3) is 0 Å². The van der Waals surface area contributed by atoms with Gasteiger partial charge in [-0.05, 0) is 36.6 Å². The molecule has 5 nitrogen and oxygen atoms in total. The molecule has 1 aliphatic rings. The van der Waals surface area contributed by atoms with E-state index in [9.17, 15) is 4.79 Å². The number of hydrogen-bond donors (Lipinski definition) is 1. The Bertz CT molecular complexity index is 768. The normalized spacial score (nSPS) is 14.4. The molecular formula is C22H29N3O2. The Morgan fingerprint density at radius 1 is 1.04 bits per heavy atom. The smallest absolute Gasteiger partial charge is 0.321 e. The van der Waals surface area contributed by atoms with Gasteiger partial charge in [0.15, 0.2) is 0 Å². The topological polar surface area (TPSA) is 44.8 Å². The molecule has 0 unspecified atom stereocenters. The van der Waals surface area contributed by atoms with Gasteiger partial charge in [-0.15, -0.1) is 0 Å². The van der Waals surface area contributed by atoms with Crippen LogP contribution in [0.15, 0.2) is 48.5 Å². The summed E-state index contributed by atoms with van der Waals surface area (Å²) in [6.07, 6.45) is 0. The number of hydrogen-bond acceptors (Lipinski definition) is 3. The zero-order valence-corrected chi connectivity index (χ0v) is 16.4. The number of anilines is 2. The molecular weight excluding hydrogens is 338 g/mol. The zero-order valence-electron chi connectivity index (χ0n) is 16.4. The van der Waals surface area contributed by atoms with E-state index in [-0.39, 0.29) is 6.03 Å². The molecule has 1 aliphatic heterocycles. The second kappa shape index (κ2) is 8.80. The highest BCUT2D eigenvalue weighted by Gasteiger charge is 2.23. The summed E-state index contributed by atoms with van der Waals surface area (Å²) in [6, 6.07) is 16.1. The lowest BCUT2D eigenvalue weighted by Gasteiger charge is -2.36. The average molecular weight is 367 g/mol. The fraction of sp³-hybridized carbons (Fsp3) is 0.409. The Balaban J connectivity index is 1.62. The van der Waals surface area contributed by atoms with Gasteiger partial charge in [-0.1, -0.05) is 44.2 Å². The number of amides is 2. The lowest BCUT2D eigenvalue weighted by atomic mass is 10.0.